The number of likely N-dealkylation sites (N-methyl/N-ethyl adjacent to an activating group) is 1. The van der Waals surface area contributed by atoms with Crippen LogP contribution in [0.2, 0.25) is 0 Å². The van der Waals surface area contributed by atoms with E-state index in [1.165, 1.54) is 23.1 Å². The minimum Gasteiger partial charge on any atom is -0.480 e. The van der Waals surface area contributed by atoms with E-state index in [0.717, 1.165) is 79.8 Å². The van der Waals surface area contributed by atoms with Gasteiger partial charge in [-0.1, -0.05) is 187 Å². The van der Waals surface area contributed by atoms with Crippen LogP contribution >= 0.6 is 0 Å². The molecule has 0 radical (unpaired) electrons. The second-order valence-electron chi connectivity index (χ2n) is 23.8. The molecule has 1 heterocycles. The summed E-state index contributed by atoms with van der Waals surface area (Å²) in [6.45, 7) is 14.3. The second kappa shape index (κ2) is 32.1. The van der Waals surface area contributed by atoms with E-state index in [1.54, 1.807) is 0 Å². The predicted octanol–water partition coefficient (Wildman–Crippen LogP) is 12.6. The molecule has 1 saturated heterocycles. The van der Waals surface area contributed by atoms with Crippen molar-refractivity contribution in [1.29, 1.82) is 0 Å². The summed E-state index contributed by atoms with van der Waals surface area (Å²) in [6, 6.07) is 45.6. The molecule has 1 fully saturated rings. The number of carboxylic acids is 2. The SMILES string of the molecule is CC(C)CCOC[C@@H](C(=O)O)N(C)C(=O)OCC1c2ccccc2-c2ccccc21.CC(C)CCOC[C@H](NC(=O)OCC1c2ccccc2-c2ccccc21)C(=O)O.CC(C)CCOC[C@H]1C(=O)OCN1C(=O)OCC1c2ccccc2-c2ccccc21. The fourth-order valence-corrected chi connectivity index (χ4v) is 11.1. The van der Waals surface area contributed by atoms with Gasteiger partial charge in [-0.05, 0) is 104 Å². The molecule has 6 aromatic rings. The lowest BCUT2D eigenvalue weighted by molar-refractivity contribution is -0.144. The Hall–Kier alpha value is -8.58. The van der Waals surface area contributed by atoms with E-state index in [9.17, 15) is 39.0 Å². The molecule has 4 aliphatic rings. The van der Waals surface area contributed by atoms with Gasteiger partial charge in [-0.15, -0.1) is 0 Å². The molecule has 89 heavy (non-hydrogen) atoms. The highest BCUT2D eigenvalue weighted by Crippen LogP contribution is 2.47. The average Bonchev–Trinajstić information content (AvgIpc) is 1.82. The van der Waals surface area contributed by atoms with E-state index < -0.39 is 54.3 Å². The number of carboxylic acid groups (broad SMARTS) is 2. The van der Waals surface area contributed by atoms with Gasteiger partial charge in [0.25, 0.3) is 0 Å². The number of nitrogens with one attached hydrogen (secondary N) is 1. The van der Waals surface area contributed by atoms with E-state index in [1.807, 2.05) is 97.1 Å². The zero-order valence-electron chi connectivity index (χ0n) is 51.8. The Bertz CT molecular complexity index is 3230. The van der Waals surface area contributed by atoms with Crippen LogP contribution in [-0.4, -0.2) is 148 Å². The van der Waals surface area contributed by atoms with Crippen LogP contribution in [0, 0.1) is 17.8 Å². The monoisotopic (exact) mass is 1220 g/mol. The highest BCUT2D eigenvalue weighted by Gasteiger charge is 2.40. The van der Waals surface area contributed by atoms with Crippen molar-refractivity contribution in [3.05, 3.63) is 179 Å². The number of ether oxygens (including phenoxy) is 7. The van der Waals surface area contributed by atoms with Crippen LogP contribution in [0.4, 0.5) is 14.4 Å². The van der Waals surface area contributed by atoms with Crippen molar-refractivity contribution >= 4 is 36.2 Å². The summed E-state index contributed by atoms with van der Waals surface area (Å²) in [6.07, 6.45) is 0.578. The van der Waals surface area contributed by atoms with Gasteiger partial charge in [-0.3, -0.25) is 9.80 Å². The summed E-state index contributed by atoms with van der Waals surface area (Å²) in [4.78, 5) is 75.1. The number of carbonyl (C=O) groups excluding carboxylic acids is 4. The molecule has 18 nitrogen and oxygen atoms in total. The maximum Gasteiger partial charge on any atom is 0.413 e. The fourth-order valence-electron chi connectivity index (χ4n) is 11.1. The summed E-state index contributed by atoms with van der Waals surface area (Å²) in [7, 11) is 1.43. The van der Waals surface area contributed by atoms with E-state index in [4.69, 9.17) is 33.2 Å². The lowest BCUT2D eigenvalue weighted by atomic mass is 9.98. The van der Waals surface area contributed by atoms with Crippen molar-refractivity contribution < 1.29 is 72.1 Å². The van der Waals surface area contributed by atoms with E-state index >= 15 is 0 Å². The van der Waals surface area contributed by atoms with Crippen LogP contribution in [0.5, 0.6) is 0 Å². The number of aliphatic carboxylic acids is 2. The molecule has 0 aromatic heterocycles. The minimum atomic E-state index is -1.15. The summed E-state index contributed by atoms with van der Waals surface area (Å²) in [5.41, 5.74) is 13.6. The predicted molar refractivity (Wildman–Crippen MR) is 336 cm³/mol. The molecule has 0 unspecified atom stereocenters. The molecule has 0 spiro atoms. The number of hydrogen-bond donors (Lipinski definition) is 3. The van der Waals surface area contributed by atoms with Crippen molar-refractivity contribution in [1.82, 2.24) is 15.1 Å². The van der Waals surface area contributed by atoms with E-state index in [0.29, 0.717) is 37.6 Å². The van der Waals surface area contributed by atoms with Crippen molar-refractivity contribution in [3.8, 4) is 33.4 Å². The first-order chi connectivity index (χ1) is 42.9. The lowest BCUT2D eigenvalue weighted by Gasteiger charge is -2.25. The molecule has 3 aliphatic carbocycles. The maximum atomic E-state index is 12.7. The Kier molecular flexibility index (Phi) is 23.9. The van der Waals surface area contributed by atoms with Crippen LogP contribution in [0.15, 0.2) is 146 Å². The number of nitrogens with zero attached hydrogens (tertiary/aromatic N) is 2. The largest absolute Gasteiger partial charge is 0.480 e. The highest BCUT2D eigenvalue weighted by molar-refractivity contribution is 5.85. The van der Waals surface area contributed by atoms with Gasteiger partial charge in [0.05, 0.1) is 19.8 Å². The van der Waals surface area contributed by atoms with Crippen molar-refractivity contribution in [2.75, 3.05) is 73.2 Å². The molecule has 6 aromatic carbocycles. The van der Waals surface area contributed by atoms with Crippen LogP contribution in [0.25, 0.3) is 33.4 Å². The van der Waals surface area contributed by atoms with Gasteiger partial charge in [0.1, 0.15) is 19.8 Å². The summed E-state index contributed by atoms with van der Waals surface area (Å²) < 4.78 is 38.1. The molecule has 1 aliphatic heterocycles. The van der Waals surface area contributed by atoms with Crippen molar-refractivity contribution in [2.45, 2.75) is 96.7 Å². The average molecular weight is 1220 g/mol. The molecule has 18 heteroatoms. The molecule has 3 atom stereocenters. The Morgan fingerprint density at radius 3 is 1.25 bits per heavy atom. The number of benzene rings is 6. The molecule has 3 amide bonds. The smallest absolute Gasteiger partial charge is 0.413 e. The van der Waals surface area contributed by atoms with Gasteiger partial charge >= 0.3 is 36.2 Å². The normalized spacial score (nSPS) is 15.0. The molecule has 0 saturated carbocycles. The molecule has 10 rings (SSSR count). The first-order valence-electron chi connectivity index (χ1n) is 30.6. The molecule has 0 bridgehead atoms. The highest BCUT2D eigenvalue weighted by atomic mass is 16.6. The summed E-state index contributed by atoms with van der Waals surface area (Å²) in [5.74, 6) is -1.44. The number of amides is 3. The Labute approximate surface area is 521 Å². The first kappa shape index (κ1) is 66.4. The molecule has 472 valence electrons. The number of alkyl carbamates (subject to hydrolysis) is 1. The third-order valence-electron chi connectivity index (χ3n) is 16.2. The zero-order chi connectivity index (χ0) is 63.6. The van der Waals surface area contributed by atoms with Gasteiger partial charge in [-0.25, -0.2) is 28.8 Å². The third-order valence-corrected chi connectivity index (χ3v) is 16.2. The number of esters is 1. The Balaban J connectivity index is 0.000000173. The van der Waals surface area contributed by atoms with E-state index in [2.05, 4.69) is 95.4 Å². The lowest BCUT2D eigenvalue weighted by Crippen LogP contribution is -2.46. The third kappa shape index (κ3) is 17.2. The van der Waals surface area contributed by atoms with Gasteiger partial charge in [0, 0.05) is 44.6 Å². The summed E-state index contributed by atoms with van der Waals surface area (Å²) >= 11 is 0. The van der Waals surface area contributed by atoms with Gasteiger partial charge < -0.3 is 48.7 Å². The maximum absolute atomic E-state index is 12.7. The van der Waals surface area contributed by atoms with Gasteiger partial charge in [0.15, 0.2) is 24.9 Å². The molecular weight excluding hydrogens is 1130 g/mol. The summed E-state index contributed by atoms with van der Waals surface area (Å²) in [5, 5.41) is 21.2. The number of rotatable bonds is 25. The van der Waals surface area contributed by atoms with Gasteiger partial charge in [-0.2, -0.15) is 0 Å². The molecule has 3 N–H and O–H groups in total. The van der Waals surface area contributed by atoms with Crippen LogP contribution < -0.4 is 5.32 Å². The van der Waals surface area contributed by atoms with Crippen LogP contribution in [0.3, 0.4) is 0 Å². The Morgan fingerprint density at radius 1 is 0.506 bits per heavy atom. The zero-order valence-corrected chi connectivity index (χ0v) is 51.8. The Morgan fingerprint density at radius 2 is 0.865 bits per heavy atom. The number of hydrogen-bond acceptors (Lipinski definition) is 13. The fraction of sp³-hybridized carbons (Fsp3) is 0.408. The second-order valence-corrected chi connectivity index (χ2v) is 23.8. The van der Waals surface area contributed by atoms with E-state index in [-0.39, 0.29) is 64.1 Å². The standard InChI is InChI=1S/C24H27NO5.C24H29NO5.C23H27NO5/c1-16(2)11-12-28-14-22-23(26)30-15-25(22)24(27)29-13-21-19-9-5-3-7-17(19)18-8-4-6-10-20(18)21;1-16(2)12-13-29-15-22(23(26)27)25(3)24(28)30-14-21-19-10-6-4-8-17(19)18-9-5-7-11-20(18)21;1-15(2)11-12-28-14-21(22(25)26)24-23(27)29-13-20-18-9-5-3-7-16(18)17-8-4-6-10-19(17)20/h3-10,16,21-22H,11-15H2,1-2H3;4-11,16,21-22H,12-15H2,1-3H3,(H,26,27);3-10,15,20-21H,11-14H2,1-2H3,(H,24,27)(H,25,26)/t2*22-;21-/m000/s1. The van der Waals surface area contributed by atoms with Crippen molar-refractivity contribution in [2.24, 2.45) is 17.8 Å². The minimum absolute atomic E-state index is 0.0266. The van der Waals surface area contributed by atoms with Gasteiger partial charge in [0.2, 0.25) is 0 Å². The van der Waals surface area contributed by atoms with Crippen LogP contribution in [-0.2, 0) is 47.5 Å². The number of fused-ring (bicyclic) bond motifs is 9. The van der Waals surface area contributed by atoms with Crippen molar-refractivity contribution in [3.63, 3.8) is 0 Å². The first-order valence-corrected chi connectivity index (χ1v) is 30.6. The molecular formula is C71H83N3O15. The topological polar surface area (TPSA) is 226 Å². The number of carbonyl (C=O) groups is 6. The van der Waals surface area contributed by atoms with Crippen LogP contribution in [0.1, 0.15) is 112 Å². The quantitative estimate of drug-likeness (QED) is 0.0275. The number of cyclic esters (lactones) is 1.